The minimum Gasteiger partial charge on any atom is -0.413 e. The summed E-state index contributed by atoms with van der Waals surface area (Å²) in [7, 11) is -3.71. The normalized spacial score (nSPS) is 13.8. The highest BCUT2D eigenvalue weighted by atomic mass is 32.1. The van der Waals surface area contributed by atoms with Crippen LogP contribution in [0.25, 0.3) is 5.57 Å². The Kier molecular flexibility index (Phi) is 10.9. The third kappa shape index (κ3) is 8.86. The fraction of sp³-hybridized carbons (Fsp3) is 0.581. The number of hydrogen-bond donors (Lipinski definition) is 0. The highest BCUT2D eigenvalue weighted by Crippen LogP contribution is 2.39. The van der Waals surface area contributed by atoms with E-state index in [9.17, 15) is 4.79 Å². The molecule has 1 aromatic carbocycles. The Balaban J connectivity index is 2.24. The molecule has 2 rings (SSSR count). The monoisotopic (exact) mass is 558 g/mol. The van der Waals surface area contributed by atoms with E-state index in [0.29, 0.717) is 13.2 Å². The van der Waals surface area contributed by atoms with Crippen molar-refractivity contribution in [3.05, 3.63) is 62.9 Å². The van der Waals surface area contributed by atoms with Crippen LogP contribution in [-0.2, 0) is 39.7 Å². The molecule has 0 radical (unpaired) electrons. The molecule has 2 aromatic rings. The maximum absolute atomic E-state index is 11.0. The summed E-state index contributed by atoms with van der Waals surface area (Å²) in [5, 5.41) is 2.59. The molecule has 0 fully saturated rings. The lowest BCUT2D eigenvalue weighted by Gasteiger charge is -2.37. The van der Waals surface area contributed by atoms with Crippen molar-refractivity contribution < 1.29 is 13.6 Å². The number of thiophene rings is 1. The first-order valence-electron chi connectivity index (χ1n) is 13.6. The predicted octanol–water partition coefficient (Wildman–Crippen LogP) is 9.57. The van der Waals surface area contributed by atoms with Gasteiger partial charge in [0.2, 0.25) is 0 Å². The van der Waals surface area contributed by atoms with Crippen LogP contribution in [0.4, 0.5) is 0 Å². The summed E-state index contributed by atoms with van der Waals surface area (Å²) in [6.07, 6.45) is 5.41. The van der Waals surface area contributed by atoms with Crippen LogP contribution in [0, 0.1) is 0 Å². The zero-order valence-electron chi connectivity index (χ0n) is 25.2. The fourth-order valence-electron chi connectivity index (χ4n) is 3.48. The van der Waals surface area contributed by atoms with Crippen LogP contribution in [0.1, 0.15) is 82.0 Å². The van der Waals surface area contributed by atoms with Crippen molar-refractivity contribution in [2.24, 2.45) is 0 Å². The summed E-state index contributed by atoms with van der Waals surface area (Å²) in [5.41, 5.74) is 6.28. The minimum atomic E-state index is -1.87. The summed E-state index contributed by atoms with van der Waals surface area (Å²) in [6, 6.07) is 9.10. The summed E-state index contributed by atoms with van der Waals surface area (Å²) in [4.78, 5) is 12.2. The smallest absolute Gasteiger partial charge is 0.192 e. The maximum Gasteiger partial charge on any atom is 0.192 e. The molecule has 1 heterocycles. The molecule has 0 aliphatic heterocycles. The molecule has 0 spiro atoms. The van der Waals surface area contributed by atoms with Gasteiger partial charge in [0.15, 0.2) is 16.6 Å². The van der Waals surface area contributed by atoms with Gasteiger partial charge < -0.3 is 8.85 Å². The van der Waals surface area contributed by atoms with Crippen molar-refractivity contribution in [2.75, 3.05) is 0 Å². The Hall–Kier alpha value is -1.32. The van der Waals surface area contributed by atoms with E-state index in [1.54, 1.807) is 17.4 Å². The average molecular weight is 559 g/mol. The summed E-state index contributed by atoms with van der Waals surface area (Å²) < 4.78 is 13.3. The molecule has 0 aliphatic carbocycles. The van der Waals surface area contributed by atoms with Gasteiger partial charge in [-0.1, -0.05) is 66.7 Å². The molecule has 37 heavy (non-hydrogen) atoms. The van der Waals surface area contributed by atoms with E-state index in [2.05, 4.69) is 104 Å². The van der Waals surface area contributed by atoms with Gasteiger partial charge in [0.05, 0.1) is 13.2 Å². The molecule has 0 saturated carbocycles. The van der Waals surface area contributed by atoms with Crippen molar-refractivity contribution in [3.8, 4) is 0 Å². The second-order valence-electron chi connectivity index (χ2n) is 13.2. The van der Waals surface area contributed by atoms with Gasteiger partial charge in [-0.25, -0.2) is 0 Å². The number of allylic oxidation sites excluding steroid dienone is 2. The SMILES string of the molecule is CC/C(=C/C=O)c1cc(CCc2ccc(CO[Si](C)(C)C(C)(C)C)c(CO[Si](C)(C)C(C)(C)C)c2)cs1. The third-order valence-electron chi connectivity index (χ3n) is 8.38. The first-order chi connectivity index (χ1) is 17.0. The van der Waals surface area contributed by atoms with E-state index in [1.807, 2.05) is 0 Å². The van der Waals surface area contributed by atoms with Crippen LogP contribution in [-0.4, -0.2) is 22.9 Å². The van der Waals surface area contributed by atoms with Crippen LogP contribution in [0.2, 0.25) is 36.3 Å². The van der Waals surface area contributed by atoms with E-state index in [4.69, 9.17) is 8.85 Å². The zero-order valence-corrected chi connectivity index (χ0v) is 28.0. The fourth-order valence-corrected chi connectivity index (χ4v) is 6.43. The molecule has 0 bridgehead atoms. The molecular formula is C31H50O3SSi2. The van der Waals surface area contributed by atoms with E-state index >= 15 is 0 Å². The van der Waals surface area contributed by atoms with Gasteiger partial charge in [0.25, 0.3) is 0 Å². The third-order valence-corrected chi connectivity index (χ3v) is 18.4. The molecule has 206 valence electrons. The van der Waals surface area contributed by atoms with Crippen molar-refractivity contribution in [1.82, 2.24) is 0 Å². The van der Waals surface area contributed by atoms with E-state index < -0.39 is 16.6 Å². The van der Waals surface area contributed by atoms with Crippen LogP contribution >= 0.6 is 11.3 Å². The van der Waals surface area contributed by atoms with Crippen LogP contribution in [0.5, 0.6) is 0 Å². The number of carbonyl (C=O) groups is 1. The van der Waals surface area contributed by atoms with Gasteiger partial charge in [-0.2, -0.15) is 0 Å². The molecule has 0 atom stereocenters. The standard InChI is InChI=1S/C31H50O3SSi2/c1-12-26(17-18-32)29-20-25(23-35-29)14-13-24-15-16-27(21-33-36(8,9)30(2,3)4)28(19-24)22-34-37(10,11)31(5,6)7/h15-20,23H,12-14,21-22H2,1-11H3/b26-17-. The predicted molar refractivity (Wildman–Crippen MR) is 166 cm³/mol. The molecule has 0 unspecified atom stereocenters. The first-order valence-corrected chi connectivity index (χ1v) is 20.3. The molecule has 0 saturated heterocycles. The summed E-state index contributed by atoms with van der Waals surface area (Å²) in [5.74, 6) is 0. The van der Waals surface area contributed by atoms with Crippen molar-refractivity contribution in [3.63, 3.8) is 0 Å². The molecule has 6 heteroatoms. The molecule has 0 N–H and O–H groups in total. The maximum atomic E-state index is 11.0. The quantitative estimate of drug-likeness (QED) is 0.148. The van der Waals surface area contributed by atoms with Gasteiger partial charge >= 0.3 is 0 Å². The Morgan fingerprint density at radius 1 is 0.838 bits per heavy atom. The molecule has 1 aromatic heterocycles. The van der Waals surface area contributed by atoms with Gasteiger partial charge in [-0.05, 0) is 101 Å². The highest BCUT2D eigenvalue weighted by Gasteiger charge is 2.38. The molecular weight excluding hydrogens is 509 g/mol. The molecule has 3 nitrogen and oxygen atoms in total. The van der Waals surface area contributed by atoms with E-state index in [-0.39, 0.29) is 10.1 Å². The molecule has 0 amide bonds. The lowest BCUT2D eigenvalue weighted by atomic mass is 10.0. The topological polar surface area (TPSA) is 35.5 Å². The van der Waals surface area contributed by atoms with Crippen LogP contribution in [0.3, 0.4) is 0 Å². The first kappa shape index (κ1) is 31.9. The summed E-state index contributed by atoms with van der Waals surface area (Å²) in [6.45, 7) is 26.4. The van der Waals surface area contributed by atoms with Gasteiger partial charge in [0, 0.05) is 4.88 Å². The number of rotatable bonds is 12. The second kappa shape index (κ2) is 12.7. The van der Waals surface area contributed by atoms with E-state index in [0.717, 1.165) is 31.1 Å². The van der Waals surface area contributed by atoms with Crippen molar-refractivity contribution in [1.29, 1.82) is 0 Å². The minimum absolute atomic E-state index is 0.175. The largest absolute Gasteiger partial charge is 0.413 e. The Morgan fingerprint density at radius 3 is 1.89 bits per heavy atom. The van der Waals surface area contributed by atoms with Crippen LogP contribution < -0.4 is 0 Å². The average Bonchev–Trinajstić information content (AvgIpc) is 3.26. The lowest BCUT2D eigenvalue weighted by Crippen LogP contribution is -2.41. The van der Waals surface area contributed by atoms with Gasteiger partial charge in [0.1, 0.15) is 6.29 Å². The van der Waals surface area contributed by atoms with Gasteiger partial charge in [-0.15, -0.1) is 11.3 Å². The van der Waals surface area contributed by atoms with E-state index in [1.165, 1.54) is 27.1 Å². The number of aryl methyl sites for hydroxylation is 2. The Labute approximate surface area is 233 Å². The number of carbonyl (C=O) groups excluding carboxylic acids is 1. The van der Waals surface area contributed by atoms with Gasteiger partial charge in [-0.3, -0.25) is 4.79 Å². The van der Waals surface area contributed by atoms with Crippen molar-refractivity contribution in [2.45, 2.75) is 117 Å². The Morgan fingerprint density at radius 2 is 1.38 bits per heavy atom. The van der Waals surface area contributed by atoms with Crippen LogP contribution in [0.15, 0.2) is 35.7 Å². The zero-order chi connectivity index (χ0) is 28.1. The summed E-state index contributed by atoms with van der Waals surface area (Å²) >= 11 is 1.73. The second-order valence-corrected chi connectivity index (χ2v) is 23.7. The lowest BCUT2D eigenvalue weighted by molar-refractivity contribution is -0.104. The highest BCUT2D eigenvalue weighted by molar-refractivity contribution is 7.11. The number of hydrogen-bond acceptors (Lipinski definition) is 4. The molecule has 0 aliphatic rings. The van der Waals surface area contributed by atoms with Crippen molar-refractivity contribution >= 4 is 39.8 Å². The number of benzene rings is 1. The number of aldehydes is 1. The Bertz CT molecular complexity index is 1070.